The van der Waals surface area contributed by atoms with Gasteiger partial charge in [0, 0.05) is 24.6 Å². The first kappa shape index (κ1) is 12.8. The number of ether oxygens (including phenoxy) is 2. The van der Waals surface area contributed by atoms with Gasteiger partial charge in [0.05, 0.1) is 23.5 Å². The van der Waals surface area contributed by atoms with Crippen LogP contribution >= 0.6 is 0 Å². The smallest absolute Gasteiger partial charge is 0.163 e. The Labute approximate surface area is 117 Å². The van der Waals surface area contributed by atoms with Gasteiger partial charge < -0.3 is 14.0 Å². The van der Waals surface area contributed by atoms with Crippen LogP contribution in [0, 0.1) is 11.3 Å². The van der Waals surface area contributed by atoms with E-state index in [4.69, 9.17) is 19.7 Å². The lowest BCUT2D eigenvalue weighted by atomic mass is 10.2. The third-order valence-electron chi connectivity index (χ3n) is 3.41. The van der Waals surface area contributed by atoms with Gasteiger partial charge in [-0.3, -0.25) is 0 Å². The highest BCUT2D eigenvalue weighted by Gasteiger charge is 2.19. The van der Waals surface area contributed by atoms with Crippen molar-refractivity contribution in [3.05, 3.63) is 18.0 Å². The molecule has 2 aromatic rings. The van der Waals surface area contributed by atoms with E-state index in [0.717, 1.165) is 28.4 Å². The molecular formula is C15H17N3O2. The summed E-state index contributed by atoms with van der Waals surface area (Å²) in [4.78, 5) is 4.69. The van der Waals surface area contributed by atoms with E-state index >= 15 is 0 Å². The lowest BCUT2D eigenvalue weighted by Gasteiger charge is -2.18. The summed E-state index contributed by atoms with van der Waals surface area (Å²) in [5.41, 5.74) is 1.91. The van der Waals surface area contributed by atoms with Gasteiger partial charge in [0.1, 0.15) is 19.0 Å². The molecule has 0 saturated carbocycles. The molecule has 0 radical (unpaired) electrons. The second-order valence-electron chi connectivity index (χ2n) is 5.17. The molecule has 0 fully saturated rings. The second kappa shape index (κ2) is 5.04. The van der Waals surface area contributed by atoms with Crippen LogP contribution in [0.15, 0.2) is 12.1 Å². The third kappa shape index (κ3) is 2.07. The van der Waals surface area contributed by atoms with Crippen molar-refractivity contribution in [1.29, 1.82) is 5.26 Å². The first-order chi connectivity index (χ1) is 9.70. The van der Waals surface area contributed by atoms with E-state index in [0.29, 0.717) is 32.1 Å². The average molecular weight is 271 g/mol. The van der Waals surface area contributed by atoms with Crippen LogP contribution in [-0.2, 0) is 6.54 Å². The number of fused-ring (bicyclic) bond motifs is 2. The predicted molar refractivity (Wildman–Crippen MR) is 75.0 cm³/mol. The van der Waals surface area contributed by atoms with Crippen molar-refractivity contribution < 1.29 is 9.47 Å². The van der Waals surface area contributed by atoms with Crippen molar-refractivity contribution in [1.82, 2.24) is 9.55 Å². The standard InChI is InChI=1S/C15H17N3O2/c1-10(2)15-17-11-8-13-14(20-7-6-19-13)9-12(11)18(15)5-3-4-16/h8-10H,3,5-7H2,1-2H3. The fourth-order valence-corrected chi connectivity index (χ4v) is 2.52. The summed E-state index contributed by atoms with van der Waals surface area (Å²) >= 11 is 0. The van der Waals surface area contributed by atoms with Gasteiger partial charge >= 0.3 is 0 Å². The molecule has 0 aliphatic carbocycles. The molecule has 3 rings (SSSR count). The molecule has 0 N–H and O–H groups in total. The molecule has 5 nitrogen and oxygen atoms in total. The van der Waals surface area contributed by atoms with Crippen molar-refractivity contribution in [3.63, 3.8) is 0 Å². The molecule has 1 aromatic heterocycles. The van der Waals surface area contributed by atoms with Crippen molar-refractivity contribution in [2.24, 2.45) is 0 Å². The quantitative estimate of drug-likeness (QED) is 0.861. The fourth-order valence-electron chi connectivity index (χ4n) is 2.52. The molecule has 0 spiro atoms. The lowest BCUT2D eigenvalue weighted by molar-refractivity contribution is 0.172. The number of nitriles is 1. The van der Waals surface area contributed by atoms with Gasteiger partial charge in [-0.1, -0.05) is 13.8 Å². The maximum absolute atomic E-state index is 8.83. The van der Waals surface area contributed by atoms with E-state index in [2.05, 4.69) is 24.5 Å². The molecule has 1 aromatic carbocycles. The molecule has 0 saturated heterocycles. The number of hydrogen-bond donors (Lipinski definition) is 0. The first-order valence-electron chi connectivity index (χ1n) is 6.87. The highest BCUT2D eigenvalue weighted by atomic mass is 16.6. The van der Waals surface area contributed by atoms with Crippen LogP contribution in [0.5, 0.6) is 11.5 Å². The summed E-state index contributed by atoms with van der Waals surface area (Å²) in [6, 6.07) is 6.10. The normalized spacial score (nSPS) is 13.7. The molecule has 5 heteroatoms. The maximum atomic E-state index is 8.83. The van der Waals surface area contributed by atoms with Crippen LogP contribution < -0.4 is 9.47 Å². The highest BCUT2D eigenvalue weighted by Crippen LogP contribution is 2.35. The molecule has 2 heterocycles. The van der Waals surface area contributed by atoms with Gasteiger partial charge in [-0.25, -0.2) is 4.98 Å². The summed E-state index contributed by atoms with van der Waals surface area (Å²) < 4.78 is 13.3. The third-order valence-corrected chi connectivity index (χ3v) is 3.41. The van der Waals surface area contributed by atoms with Crippen molar-refractivity contribution in [2.75, 3.05) is 13.2 Å². The molecule has 0 bridgehead atoms. The van der Waals surface area contributed by atoms with Crippen LogP contribution in [0.25, 0.3) is 11.0 Å². The Kier molecular flexibility index (Phi) is 3.23. The molecule has 1 aliphatic rings. The van der Waals surface area contributed by atoms with E-state index in [9.17, 15) is 0 Å². The number of aryl methyl sites for hydroxylation is 1. The van der Waals surface area contributed by atoms with Gasteiger partial charge in [0.25, 0.3) is 0 Å². The van der Waals surface area contributed by atoms with Crippen LogP contribution in [0.2, 0.25) is 0 Å². The largest absolute Gasteiger partial charge is 0.486 e. The van der Waals surface area contributed by atoms with E-state index < -0.39 is 0 Å². The number of hydrogen-bond acceptors (Lipinski definition) is 4. The molecule has 20 heavy (non-hydrogen) atoms. The summed E-state index contributed by atoms with van der Waals surface area (Å²) in [5, 5.41) is 8.83. The lowest BCUT2D eigenvalue weighted by Crippen LogP contribution is -2.15. The van der Waals surface area contributed by atoms with E-state index in [1.165, 1.54) is 0 Å². The van der Waals surface area contributed by atoms with E-state index in [1.54, 1.807) is 0 Å². The van der Waals surface area contributed by atoms with Crippen LogP contribution in [0.4, 0.5) is 0 Å². The molecule has 0 amide bonds. The molecule has 104 valence electrons. The minimum Gasteiger partial charge on any atom is -0.486 e. The summed E-state index contributed by atoms with van der Waals surface area (Å²) in [5.74, 6) is 2.82. The van der Waals surface area contributed by atoms with Crippen molar-refractivity contribution in [3.8, 4) is 17.6 Å². The molecule has 1 aliphatic heterocycles. The predicted octanol–water partition coefficient (Wildman–Crippen LogP) is 2.84. The summed E-state index contributed by atoms with van der Waals surface area (Å²) in [6.45, 7) is 6.01. The van der Waals surface area contributed by atoms with Gasteiger partial charge in [0.2, 0.25) is 0 Å². The van der Waals surface area contributed by atoms with E-state index in [-0.39, 0.29) is 0 Å². The second-order valence-corrected chi connectivity index (χ2v) is 5.17. The van der Waals surface area contributed by atoms with Gasteiger partial charge in [-0.15, -0.1) is 0 Å². The minimum absolute atomic E-state index is 0.306. The van der Waals surface area contributed by atoms with Crippen LogP contribution in [-0.4, -0.2) is 22.8 Å². The Morgan fingerprint density at radius 3 is 2.65 bits per heavy atom. The SMILES string of the molecule is CC(C)c1nc2cc3c(cc2n1CCC#N)OCCO3. The van der Waals surface area contributed by atoms with E-state index in [1.807, 2.05) is 12.1 Å². The highest BCUT2D eigenvalue weighted by molar-refractivity contribution is 5.81. The fraction of sp³-hybridized carbons (Fsp3) is 0.467. The number of rotatable bonds is 3. The van der Waals surface area contributed by atoms with Crippen molar-refractivity contribution in [2.45, 2.75) is 32.7 Å². The number of nitrogens with zero attached hydrogens (tertiary/aromatic N) is 3. The minimum atomic E-state index is 0.306. The van der Waals surface area contributed by atoms with Gasteiger partial charge in [-0.05, 0) is 0 Å². The Morgan fingerprint density at radius 2 is 2.00 bits per heavy atom. The zero-order valence-corrected chi connectivity index (χ0v) is 11.7. The average Bonchev–Trinajstić information content (AvgIpc) is 2.80. The van der Waals surface area contributed by atoms with Gasteiger partial charge in [-0.2, -0.15) is 5.26 Å². The Hall–Kier alpha value is -2.22. The van der Waals surface area contributed by atoms with Crippen LogP contribution in [0.3, 0.4) is 0 Å². The number of imidazole rings is 1. The van der Waals surface area contributed by atoms with Crippen LogP contribution in [0.1, 0.15) is 32.0 Å². The topological polar surface area (TPSA) is 60.1 Å². The Morgan fingerprint density at radius 1 is 1.30 bits per heavy atom. The molecular weight excluding hydrogens is 254 g/mol. The monoisotopic (exact) mass is 271 g/mol. The molecule has 0 unspecified atom stereocenters. The molecule has 0 atom stereocenters. The number of benzene rings is 1. The zero-order chi connectivity index (χ0) is 14.1. The Balaban J connectivity index is 2.16. The van der Waals surface area contributed by atoms with Crippen molar-refractivity contribution >= 4 is 11.0 Å². The van der Waals surface area contributed by atoms with Gasteiger partial charge in [0.15, 0.2) is 11.5 Å². The summed E-state index contributed by atoms with van der Waals surface area (Å²) in [6.07, 6.45) is 0.472. The zero-order valence-electron chi connectivity index (χ0n) is 11.7. The maximum Gasteiger partial charge on any atom is 0.163 e. The summed E-state index contributed by atoms with van der Waals surface area (Å²) in [7, 11) is 0. The first-order valence-corrected chi connectivity index (χ1v) is 6.87. The number of aromatic nitrogens is 2. The Bertz CT molecular complexity index is 682.